The molecule has 6 nitrogen and oxygen atoms in total. The van der Waals surface area contributed by atoms with E-state index in [1.165, 1.54) is 24.3 Å². The van der Waals surface area contributed by atoms with Crippen LogP contribution >= 0.6 is 0 Å². The summed E-state index contributed by atoms with van der Waals surface area (Å²) in [4.78, 5) is 26.2. The highest BCUT2D eigenvalue weighted by atomic mass is 32.2. The van der Waals surface area contributed by atoms with E-state index in [-0.39, 0.29) is 10.5 Å². The Labute approximate surface area is 144 Å². The zero-order chi connectivity index (χ0) is 18.0. The van der Waals surface area contributed by atoms with E-state index in [2.05, 4.69) is 10.3 Å². The lowest BCUT2D eigenvalue weighted by molar-refractivity contribution is -0.113. The van der Waals surface area contributed by atoms with Gasteiger partial charge in [-0.3, -0.25) is 9.59 Å². The molecule has 0 fully saturated rings. The number of carbonyl (C=O) groups excluding carboxylic acids is 1. The van der Waals surface area contributed by atoms with E-state index in [1.54, 1.807) is 37.3 Å². The van der Waals surface area contributed by atoms with Crippen LogP contribution < -0.4 is 10.9 Å². The average molecular weight is 356 g/mol. The number of rotatable bonds is 4. The van der Waals surface area contributed by atoms with Crippen molar-refractivity contribution >= 4 is 32.3 Å². The normalized spacial score (nSPS) is 11.4. The minimum Gasteiger partial charge on any atom is -0.325 e. The average Bonchev–Trinajstić information content (AvgIpc) is 2.54. The third-order valence-electron chi connectivity index (χ3n) is 3.76. The number of pyridine rings is 1. The van der Waals surface area contributed by atoms with Crippen molar-refractivity contribution < 1.29 is 13.2 Å². The van der Waals surface area contributed by atoms with Crippen LogP contribution in [0.2, 0.25) is 0 Å². The van der Waals surface area contributed by atoms with Gasteiger partial charge in [0.2, 0.25) is 11.5 Å². The lowest BCUT2D eigenvalue weighted by Crippen LogP contribution is -2.23. The van der Waals surface area contributed by atoms with E-state index in [4.69, 9.17) is 0 Å². The molecule has 0 bridgehead atoms. The van der Waals surface area contributed by atoms with Gasteiger partial charge in [0.15, 0.2) is 9.84 Å². The molecule has 0 spiro atoms. The summed E-state index contributed by atoms with van der Waals surface area (Å²) in [6.45, 7) is 1.73. The van der Waals surface area contributed by atoms with Gasteiger partial charge in [-0.15, -0.1) is 0 Å². The lowest BCUT2D eigenvalue weighted by atomic mass is 10.1. The molecule has 2 aromatic carbocycles. The molecule has 0 aliphatic carbocycles. The van der Waals surface area contributed by atoms with Crippen LogP contribution in [0.1, 0.15) is 5.56 Å². The molecule has 2 N–H and O–H groups in total. The van der Waals surface area contributed by atoms with Gasteiger partial charge in [0.05, 0.1) is 4.90 Å². The number of aromatic amines is 1. The monoisotopic (exact) mass is 356 g/mol. The Hall–Kier alpha value is -2.93. The van der Waals surface area contributed by atoms with Crippen LogP contribution in [0.3, 0.4) is 0 Å². The molecule has 128 valence electrons. The van der Waals surface area contributed by atoms with Crippen molar-refractivity contribution in [3.8, 4) is 0 Å². The number of amides is 1. The number of aryl methyl sites for hydroxylation is 1. The van der Waals surface area contributed by atoms with Gasteiger partial charge in [0.25, 0.3) is 0 Å². The minimum absolute atomic E-state index is 0.0401. The quantitative estimate of drug-likeness (QED) is 0.749. The molecular weight excluding hydrogens is 340 g/mol. The summed E-state index contributed by atoms with van der Waals surface area (Å²) in [6.07, 6.45) is 0. The highest BCUT2D eigenvalue weighted by Gasteiger charge is 2.20. The molecule has 25 heavy (non-hydrogen) atoms. The predicted molar refractivity (Wildman–Crippen MR) is 96.4 cm³/mol. The van der Waals surface area contributed by atoms with Crippen LogP contribution in [0, 0.1) is 6.92 Å². The first-order valence-corrected chi connectivity index (χ1v) is 9.22. The van der Waals surface area contributed by atoms with Crippen molar-refractivity contribution in [3.63, 3.8) is 0 Å². The second kappa shape index (κ2) is 6.52. The number of nitrogens with one attached hydrogen (secondary N) is 2. The maximum Gasteiger partial charge on any atom is 0.248 e. The Kier molecular flexibility index (Phi) is 4.41. The summed E-state index contributed by atoms with van der Waals surface area (Å²) in [5.74, 6) is -1.26. The summed E-state index contributed by atoms with van der Waals surface area (Å²) >= 11 is 0. The molecule has 1 aromatic heterocycles. The van der Waals surface area contributed by atoms with Gasteiger partial charge in [-0.1, -0.05) is 18.2 Å². The summed E-state index contributed by atoms with van der Waals surface area (Å²) < 4.78 is 25.0. The molecule has 0 aliphatic rings. The van der Waals surface area contributed by atoms with Gasteiger partial charge >= 0.3 is 0 Å². The fourth-order valence-corrected chi connectivity index (χ4v) is 3.73. The summed E-state index contributed by atoms with van der Waals surface area (Å²) in [6, 6.07) is 14.5. The molecule has 1 amide bonds. The largest absolute Gasteiger partial charge is 0.325 e. The molecule has 0 radical (unpaired) electrons. The van der Waals surface area contributed by atoms with E-state index in [0.717, 1.165) is 0 Å². The fraction of sp³-hybridized carbons (Fsp3) is 0.111. The summed E-state index contributed by atoms with van der Waals surface area (Å²) in [5.41, 5.74) is 1.51. The Morgan fingerprint density at radius 3 is 2.52 bits per heavy atom. The molecule has 0 saturated carbocycles. The topological polar surface area (TPSA) is 96.1 Å². The zero-order valence-electron chi connectivity index (χ0n) is 13.4. The molecule has 0 unspecified atom stereocenters. The van der Waals surface area contributed by atoms with Crippen molar-refractivity contribution in [3.05, 3.63) is 70.5 Å². The highest BCUT2D eigenvalue weighted by molar-refractivity contribution is 7.92. The number of anilines is 1. The molecule has 3 aromatic rings. The Bertz CT molecular complexity index is 1100. The second-order valence-corrected chi connectivity index (χ2v) is 7.69. The number of aromatic nitrogens is 1. The van der Waals surface area contributed by atoms with E-state index < -0.39 is 21.5 Å². The number of H-pyrrole nitrogens is 1. The number of benzene rings is 2. The van der Waals surface area contributed by atoms with E-state index in [9.17, 15) is 18.0 Å². The summed E-state index contributed by atoms with van der Waals surface area (Å²) in [7, 11) is -3.80. The molecule has 0 aliphatic heterocycles. The van der Waals surface area contributed by atoms with Gasteiger partial charge in [-0.2, -0.15) is 0 Å². The van der Waals surface area contributed by atoms with Gasteiger partial charge in [-0.05, 0) is 42.8 Å². The zero-order valence-corrected chi connectivity index (χ0v) is 14.3. The van der Waals surface area contributed by atoms with Gasteiger partial charge in [0, 0.05) is 22.7 Å². The van der Waals surface area contributed by atoms with Gasteiger partial charge in [0.1, 0.15) is 5.75 Å². The number of fused-ring (bicyclic) bond motifs is 1. The van der Waals surface area contributed by atoms with Crippen molar-refractivity contribution in [1.29, 1.82) is 0 Å². The van der Waals surface area contributed by atoms with Crippen molar-refractivity contribution in [2.24, 2.45) is 0 Å². The molecule has 0 saturated heterocycles. The minimum atomic E-state index is -3.80. The van der Waals surface area contributed by atoms with Crippen LogP contribution in [-0.2, 0) is 14.6 Å². The third kappa shape index (κ3) is 3.77. The number of para-hydroxylation sites is 1. The first kappa shape index (κ1) is 16.9. The first-order chi connectivity index (χ1) is 11.8. The van der Waals surface area contributed by atoms with Crippen LogP contribution in [0.4, 0.5) is 5.69 Å². The number of hydrogen-bond donors (Lipinski definition) is 2. The predicted octanol–water partition coefficient (Wildman–Crippen LogP) is 2.25. The SMILES string of the molecule is Cc1cc(=O)[nH]c2ccc(S(=O)(=O)CC(=O)Nc3ccccc3)cc12. The molecule has 3 rings (SSSR count). The number of hydrogen-bond acceptors (Lipinski definition) is 4. The van der Waals surface area contributed by atoms with Crippen LogP contribution in [0.15, 0.2) is 64.3 Å². The van der Waals surface area contributed by atoms with Crippen molar-refractivity contribution in [2.75, 3.05) is 11.1 Å². The molecule has 0 atom stereocenters. The highest BCUT2D eigenvalue weighted by Crippen LogP contribution is 2.20. The Morgan fingerprint density at radius 2 is 1.80 bits per heavy atom. The molecule has 7 heteroatoms. The lowest BCUT2D eigenvalue weighted by Gasteiger charge is -2.08. The van der Waals surface area contributed by atoms with Crippen LogP contribution in [0.25, 0.3) is 10.9 Å². The van der Waals surface area contributed by atoms with Gasteiger partial charge in [-0.25, -0.2) is 8.42 Å². The maximum absolute atomic E-state index is 12.5. The van der Waals surface area contributed by atoms with Crippen molar-refractivity contribution in [2.45, 2.75) is 11.8 Å². The van der Waals surface area contributed by atoms with E-state index in [1.807, 2.05) is 0 Å². The number of carbonyl (C=O) groups is 1. The smallest absolute Gasteiger partial charge is 0.248 e. The Balaban J connectivity index is 1.88. The maximum atomic E-state index is 12.5. The Morgan fingerprint density at radius 1 is 1.08 bits per heavy atom. The second-order valence-electron chi connectivity index (χ2n) is 5.70. The first-order valence-electron chi connectivity index (χ1n) is 7.56. The van der Waals surface area contributed by atoms with Crippen LogP contribution in [-0.4, -0.2) is 25.1 Å². The van der Waals surface area contributed by atoms with Crippen LogP contribution in [0.5, 0.6) is 0 Å². The standard InChI is InChI=1S/C18H16N2O4S/c1-12-9-17(21)20-16-8-7-14(10-15(12)16)25(23,24)11-18(22)19-13-5-3-2-4-6-13/h2-10H,11H2,1H3,(H,19,22)(H,20,21). The molecule has 1 heterocycles. The number of sulfone groups is 1. The molecular formula is C18H16N2O4S. The van der Waals surface area contributed by atoms with Crippen molar-refractivity contribution in [1.82, 2.24) is 4.98 Å². The van der Waals surface area contributed by atoms with E-state index >= 15 is 0 Å². The van der Waals surface area contributed by atoms with Gasteiger partial charge < -0.3 is 10.3 Å². The summed E-state index contributed by atoms with van der Waals surface area (Å²) in [5, 5.41) is 3.19. The third-order valence-corrected chi connectivity index (χ3v) is 5.37. The van der Waals surface area contributed by atoms with E-state index in [0.29, 0.717) is 22.2 Å². The fourth-order valence-electron chi connectivity index (χ4n) is 2.57.